The molecule has 3 aliphatic carbocycles. The quantitative estimate of drug-likeness (QED) is 0.580. The van der Waals surface area contributed by atoms with Gasteiger partial charge in [-0.1, -0.05) is 19.1 Å². The number of amides is 1. The Morgan fingerprint density at radius 3 is 2.64 bits per heavy atom. The lowest BCUT2D eigenvalue weighted by Gasteiger charge is -2.23. The molecule has 1 heterocycles. The van der Waals surface area contributed by atoms with Crippen LogP contribution >= 0.6 is 11.3 Å². The van der Waals surface area contributed by atoms with E-state index in [1.54, 1.807) is 6.92 Å². The SMILES string of the molecule is CCOC(=O)c1c(NC(=O)[C@H]2[C@@H](C(=O)O)[C@H]3C=C[C@H]2C3)sc2c1C[C@H](C)CC2. The molecular formula is C21H25NO5S. The molecule has 1 aromatic rings. The summed E-state index contributed by atoms with van der Waals surface area (Å²) in [5, 5.41) is 13.0. The van der Waals surface area contributed by atoms with Gasteiger partial charge in [-0.2, -0.15) is 0 Å². The van der Waals surface area contributed by atoms with Gasteiger partial charge in [-0.05, 0) is 55.9 Å². The molecule has 0 spiro atoms. The molecule has 2 N–H and O–H groups in total. The summed E-state index contributed by atoms with van der Waals surface area (Å²) in [7, 11) is 0. The van der Waals surface area contributed by atoms with Gasteiger partial charge in [0, 0.05) is 4.88 Å². The molecule has 7 heteroatoms. The molecule has 1 aromatic heterocycles. The fraction of sp³-hybridized carbons (Fsp3) is 0.571. The highest BCUT2D eigenvalue weighted by Gasteiger charge is 2.51. The van der Waals surface area contributed by atoms with Crippen molar-refractivity contribution in [3.8, 4) is 0 Å². The van der Waals surface area contributed by atoms with E-state index < -0.39 is 23.8 Å². The van der Waals surface area contributed by atoms with Crippen LogP contribution in [0.3, 0.4) is 0 Å². The Balaban J connectivity index is 1.64. The van der Waals surface area contributed by atoms with Crippen molar-refractivity contribution in [3.63, 3.8) is 0 Å². The Labute approximate surface area is 168 Å². The predicted molar refractivity (Wildman–Crippen MR) is 105 cm³/mol. The Morgan fingerprint density at radius 2 is 1.96 bits per heavy atom. The summed E-state index contributed by atoms with van der Waals surface area (Å²) in [6, 6.07) is 0. The van der Waals surface area contributed by atoms with Crippen LogP contribution in [0.15, 0.2) is 12.2 Å². The van der Waals surface area contributed by atoms with E-state index in [9.17, 15) is 19.5 Å². The van der Waals surface area contributed by atoms with Crippen LogP contribution in [0.25, 0.3) is 0 Å². The molecule has 0 radical (unpaired) electrons. The summed E-state index contributed by atoms with van der Waals surface area (Å²) in [6.07, 6.45) is 7.33. The van der Waals surface area contributed by atoms with Crippen LogP contribution in [-0.4, -0.2) is 29.6 Å². The van der Waals surface area contributed by atoms with E-state index in [0.717, 1.165) is 29.7 Å². The predicted octanol–water partition coefficient (Wildman–Crippen LogP) is 3.51. The number of fused-ring (bicyclic) bond motifs is 3. The molecule has 0 unspecified atom stereocenters. The highest BCUT2D eigenvalue weighted by atomic mass is 32.1. The molecule has 4 rings (SSSR count). The third-order valence-electron chi connectivity index (χ3n) is 6.27. The second kappa shape index (κ2) is 7.35. The molecular weight excluding hydrogens is 378 g/mol. The summed E-state index contributed by atoms with van der Waals surface area (Å²) < 4.78 is 5.26. The van der Waals surface area contributed by atoms with Gasteiger partial charge in [-0.25, -0.2) is 4.79 Å². The summed E-state index contributed by atoms with van der Waals surface area (Å²) >= 11 is 1.44. The van der Waals surface area contributed by atoms with Gasteiger partial charge in [-0.15, -0.1) is 11.3 Å². The van der Waals surface area contributed by atoms with Gasteiger partial charge in [0.1, 0.15) is 5.00 Å². The summed E-state index contributed by atoms with van der Waals surface area (Å²) in [6.45, 7) is 4.19. The van der Waals surface area contributed by atoms with E-state index in [4.69, 9.17) is 4.74 Å². The molecule has 1 fully saturated rings. The molecule has 28 heavy (non-hydrogen) atoms. The van der Waals surface area contributed by atoms with Crippen LogP contribution in [-0.2, 0) is 27.2 Å². The zero-order valence-electron chi connectivity index (χ0n) is 16.1. The maximum Gasteiger partial charge on any atom is 0.341 e. The second-order valence-corrected chi connectivity index (χ2v) is 9.21. The molecule has 1 amide bonds. The Morgan fingerprint density at radius 1 is 1.25 bits per heavy atom. The number of hydrogen-bond donors (Lipinski definition) is 2. The number of anilines is 1. The third kappa shape index (κ3) is 3.15. The number of carboxylic acid groups (broad SMARTS) is 1. The second-order valence-electron chi connectivity index (χ2n) is 8.10. The van der Waals surface area contributed by atoms with Crippen molar-refractivity contribution in [1.82, 2.24) is 0 Å². The highest BCUT2D eigenvalue weighted by Crippen LogP contribution is 2.49. The monoisotopic (exact) mass is 403 g/mol. The first-order valence-electron chi connectivity index (χ1n) is 9.94. The number of hydrogen-bond acceptors (Lipinski definition) is 5. The first-order valence-corrected chi connectivity index (χ1v) is 10.8. The Hall–Kier alpha value is -2.15. The summed E-state index contributed by atoms with van der Waals surface area (Å²) in [5.41, 5.74) is 1.45. The lowest BCUT2D eigenvalue weighted by atomic mass is 9.82. The van der Waals surface area contributed by atoms with Crippen molar-refractivity contribution in [2.24, 2.45) is 29.6 Å². The van der Waals surface area contributed by atoms with Gasteiger partial charge in [0.25, 0.3) is 0 Å². The molecule has 0 saturated heterocycles. The topological polar surface area (TPSA) is 92.7 Å². The minimum Gasteiger partial charge on any atom is -0.481 e. The van der Waals surface area contributed by atoms with Crippen LogP contribution in [0.4, 0.5) is 5.00 Å². The van der Waals surface area contributed by atoms with Crippen LogP contribution < -0.4 is 5.32 Å². The third-order valence-corrected chi connectivity index (χ3v) is 7.48. The van der Waals surface area contributed by atoms with E-state index in [1.165, 1.54) is 11.3 Å². The number of carbonyl (C=O) groups excluding carboxylic acids is 2. The Bertz CT molecular complexity index is 857. The number of allylic oxidation sites excluding steroid dienone is 2. The smallest absolute Gasteiger partial charge is 0.341 e. The van der Waals surface area contributed by atoms with E-state index in [0.29, 0.717) is 22.9 Å². The van der Waals surface area contributed by atoms with Crippen LogP contribution in [0.5, 0.6) is 0 Å². The van der Waals surface area contributed by atoms with Crippen LogP contribution in [0, 0.1) is 29.6 Å². The average molecular weight is 404 g/mol. The number of rotatable bonds is 5. The maximum atomic E-state index is 13.1. The van der Waals surface area contributed by atoms with E-state index >= 15 is 0 Å². The molecule has 0 aliphatic heterocycles. The van der Waals surface area contributed by atoms with Gasteiger partial charge in [0.15, 0.2) is 0 Å². The van der Waals surface area contributed by atoms with Gasteiger partial charge in [-0.3, -0.25) is 9.59 Å². The molecule has 150 valence electrons. The molecule has 1 saturated carbocycles. The fourth-order valence-corrected chi connectivity index (χ4v) is 6.21. The lowest BCUT2D eigenvalue weighted by molar-refractivity contribution is -0.146. The Kier molecular flexibility index (Phi) is 5.04. The number of aryl methyl sites for hydroxylation is 1. The van der Waals surface area contributed by atoms with Crippen molar-refractivity contribution in [2.75, 3.05) is 11.9 Å². The van der Waals surface area contributed by atoms with E-state index in [2.05, 4.69) is 12.2 Å². The van der Waals surface area contributed by atoms with Gasteiger partial charge < -0.3 is 15.2 Å². The molecule has 6 nitrogen and oxygen atoms in total. The van der Waals surface area contributed by atoms with Gasteiger partial charge >= 0.3 is 11.9 Å². The van der Waals surface area contributed by atoms with Crippen LogP contribution in [0.2, 0.25) is 0 Å². The van der Waals surface area contributed by atoms with Gasteiger partial charge in [0.2, 0.25) is 5.91 Å². The van der Waals surface area contributed by atoms with Gasteiger partial charge in [0.05, 0.1) is 24.0 Å². The minimum absolute atomic E-state index is 0.0493. The number of nitrogens with one attached hydrogen (secondary N) is 1. The largest absolute Gasteiger partial charge is 0.481 e. The van der Waals surface area contributed by atoms with Crippen molar-refractivity contribution < 1.29 is 24.2 Å². The first kappa shape index (κ1) is 19.2. The number of aliphatic carboxylic acids is 1. The summed E-state index contributed by atoms with van der Waals surface area (Å²) in [4.78, 5) is 38.6. The number of carbonyl (C=O) groups is 3. The molecule has 5 atom stereocenters. The van der Waals surface area contributed by atoms with E-state index in [-0.39, 0.29) is 24.3 Å². The number of carboxylic acids is 1. The molecule has 0 aromatic carbocycles. The van der Waals surface area contributed by atoms with Crippen molar-refractivity contribution in [1.29, 1.82) is 0 Å². The zero-order chi connectivity index (χ0) is 20.0. The maximum absolute atomic E-state index is 13.1. The lowest BCUT2D eigenvalue weighted by Crippen LogP contribution is -2.36. The fourth-order valence-electron chi connectivity index (χ4n) is 4.98. The highest BCUT2D eigenvalue weighted by molar-refractivity contribution is 7.17. The zero-order valence-corrected chi connectivity index (χ0v) is 16.9. The number of esters is 1. The minimum atomic E-state index is -0.929. The summed E-state index contributed by atoms with van der Waals surface area (Å²) in [5.74, 6) is -2.59. The van der Waals surface area contributed by atoms with Crippen molar-refractivity contribution >= 4 is 34.2 Å². The normalized spacial score (nSPS) is 30.1. The van der Waals surface area contributed by atoms with Crippen molar-refractivity contribution in [3.05, 3.63) is 28.2 Å². The van der Waals surface area contributed by atoms with Crippen LogP contribution in [0.1, 0.15) is 47.5 Å². The number of ether oxygens (including phenoxy) is 1. The molecule has 2 bridgehead atoms. The molecule has 3 aliphatic rings. The average Bonchev–Trinajstić information content (AvgIpc) is 3.33. The van der Waals surface area contributed by atoms with Crippen molar-refractivity contribution in [2.45, 2.75) is 39.5 Å². The standard InChI is InChI=1S/C21H25NO5S/c1-3-27-21(26)17-13-8-10(2)4-7-14(13)28-19(17)22-18(23)15-11-5-6-12(9-11)16(15)20(24)25/h5-6,10-12,15-16H,3-4,7-9H2,1-2H3,(H,22,23)(H,24,25)/t10-,11+,12+,15-,16+/m1/s1. The van der Waals surface area contributed by atoms with E-state index in [1.807, 2.05) is 12.2 Å². The first-order chi connectivity index (χ1) is 13.4. The number of thiophene rings is 1.